The average Bonchev–Trinajstić information content (AvgIpc) is 2.94. The van der Waals surface area contributed by atoms with Crippen molar-refractivity contribution in [3.63, 3.8) is 0 Å². The molecule has 0 saturated carbocycles. The highest BCUT2D eigenvalue weighted by molar-refractivity contribution is 6.04. The molecule has 1 aromatic carbocycles. The van der Waals surface area contributed by atoms with Crippen LogP contribution in [-0.2, 0) is 12.8 Å². The van der Waals surface area contributed by atoms with Crippen molar-refractivity contribution in [2.45, 2.75) is 32.2 Å². The number of carbonyl (C=O) groups excluding carboxylic acids is 1. The molecule has 1 aliphatic heterocycles. The van der Waals surface area contributed by atoms with Crippen LogP contribution in [0, 0.1) is 0 Å². The van der Waals surface area contributed by atoms with Crippen LogP contribution < -0.4 is 10.6 Å². The predicted molar refractivity (Wildman–Crippen MR) is 80.2 cm³/mol. The Morgan fingerprint density at radius 1 is 1.48 bits per heavy atom. The predicted octanol–water partition coefficient (Wildman–Crippen LogP) is 1.29. The molecule has 0 bridgehead atoms. The van der Waals surface area contributed by atoms with Crippen molar-refractivity contribution in [3.05, 3.63) is 41.5 Å². The van der Waals surface area contributed by atoms with Crippen molar-refractivity contribution in [2.75, 3.05) is 11.4 Å². The van der Waals surface area contributed by atoms with Gasteiger partial charge in [-0.3, -0.25) is 9.89 Å². The molecule has 0 radical (unpaired) electrons. The lowest BCUT2D eigenvalue weighted by atomic mass is 9.98. The van der Waals surface area contributed by atoms with Crippen molar-refractivity contribution < 1.29 is 4.79 Å². The zero-order valence-electron chi connectivity index (χ0n) is 12.0. The lowest BCUT2D eigenvalue weighted by molar-refractivity contribution is 0.0973. The van der Waals surface area contributed by atoms with E-state index in [0.29, 0.717) is 6.54 Å². The van der Waals surface area contributed by atoms with Crippen LogP contribution in [0.4, 0.5) is 5.69 Å². The minimum atomic E-state index is -0.198. The molecule has 2 aromatic rings. The standard InChI is InChI=1S/C15H19N5O/c1-2-5-13-17-14(19-18-13)15(21)20-9-11(16)8-10-6-3-4-7-12(10)20/h3-4,6-7,11H,2,5,8-9,16H2,1H3,(H,17,18,19). The second-order valence-electron chi connectivity index (χ2n) is 5.36. The third kappa shape index (κ3) is 2.67. The van der Waals surface area contributed by atoms with Gasteiger partial charge in [0.1, 0.15) is 5.82 Å². The largest absolute Gasteiger partial charge is 0.326 e. The number of hydrogen-bond donors (Lipinski definition) is 2. The van der Waals surface area contributed by atoms with E-state index in [2.05, 4.69) is 22.1 Å². The van der Waals surface area contributed by atoms with Gasteiger partial charge < -0.3 is 10.6 Å². The Kier molecular flexibility index (Phi) is 3.70. The van der Waals surface area contributed by atoms with Crippen molar-refractivity contribution >= 4 is 11.6 Å². The fraction of sp³-hybridized carbons (Fsp3) is 0.400. The lowest BCUT2D eigenvalue weighted by Gasteiger charge is -2.32. The number of nitrogens with zero attached hydrogens (tertiary/aromatic N) is 3. The first kappa shape index (κ1) is 13.8. The van der Waals surface area contributed by atoms with E-state index in [1.807, 2.05) is 24.3 Å². The van der Waals surface area contributed by atoms with Crippen LogP contribution in [0.5, 0.6) is 0 Å². The maximum absolute atomic E-state index is 12.7. The van der Waals surface area contributed by atoms with Gasteiger partial charge in [0.2, 0.25) is 5.82 Å². The molecule has 0 fully saturated rings. The summed E-state index contributed by atoms with van der Waals surface area (Å²) in [5.41, 5.74) is 8.07. The quantitative estimate of drug-likeness (QED) is 0.889. The zero-order chi connectivity index (χ0) is 14.8. The Labute approximate surface area is 123 Å². The van der Waals surface area contributed by atoms with Crippen LogP contribution in [0.1, 0.15) is 35.4 Å². The molecule has 1 unspecified atom stereocenters. The number of para-hydroxylation sites is 1. The van der Waals surface area contributed by atoms with E-state index in [9.17, 15) is 4.79 Å². The third-order valence-corrected chi connectivity index (χ3v) is 3.64. The van der Waals surface area contributed by atoms with Crippen molar-refractivity contribution in [3.8, 4) is 0 Å². The molecule has 0 spiro atoms. The molecular formula is C15H19N5O. The Morgan fingerprint density at radius 2 is 2.29 bits per heavy atom. The molecule has 1 aromatic heterocycles. The summed E-state index contributed by atoms with van der Waals surface area (Å²) in [5.74, 6) is 0.758. The van der Waals surface area contributed by atoms with Gasteiger partial charge >= 0.3 is 0 Å². The van der Waals surface area contributed by atoms with Gasteiger partial charge in [0.25, 0.3) is 5.91 Å². The molecule has 3 N–H and O–H groups in total. The highest BCUT2D eigenvalue weighted by Crippen LogP contribution is 2.27. The molecule has 1 amide bonds. The minimum Gasteiger partial charge on any atom is -0.326 e. The van der Waals surface area contributed by atoms with E-state index in [1.165, 1.54) is 0 Å². The average molecular weight is 285 g/mol. The number of nitrogens with one attached hydrogen (secondary N) is 1. The summed E-state index contributed by atoms with van der Waals surface area (Å²) in [6, 6.07) is 7.79. The summed E-state index contributed by atoms with van der Waals surface area (Å²) in [4.78, 5) is 18.6. The Hall–Kier alpha value is -2.21. The van der Waals surface area contributed by atoms with E-state index in [-0.39, 0.29) is 17.8 Å². The molecule has 21 heavy (non-hydrogen) atoms. The molecule has 0 aliphatic carbocycles. The number of nitrogens with two attached hydrogens (primary N) is 1. The SMILES string of the molecule is CCCc1nc(C(=O)N2CC(N)Cc3ccccc32)n[nH]1. The zero-order valence-corrected chi connectivity index (χ0v) is 12.0. The topological polar surface area (TPSA) is 87.9 Å². The second kappa shape index (κ2) is 5.65. The van der Waals surface area contributed by atoms with E-state index in [0.717, 1.165) is 36.3 Å². The van der Waals surface area contributed by atoms with E-state index < -0.39 is 0 Å². The van der Waals surface area contributed by atoms with Crippen LogP contribution in [-0.4, -0.2) is 33.7 Å². The maximum atomic E-state index is 12.7. The maximum Gasteiger partial charge on any atom is 0.297 e. The first-order chi connectivity index (χ1) is 10.2. The van der Waals surface area contributed by atoms with Gasteiger partial charge in [-0.2, -0.15) is 0 Å². The molecule has 0 saturated heterocycles. The van der Waals surface area contributed by atoms with Gasteiger partial charge in [0, 0.05) is 24.7 Å². The van der Waals surface area contributed by atoms with Gasteiger partial charge in [-0.05, 0) is 24.5 Å². The second-order valence-corrected chi connectivity index (χ2v) is 5.36. The van der Waals surface area contributed by atoms with Gasteiger partial charge in [0.15, 0.2) is 0 Å². The Morgan fingerprint density at radius 3 is 3.10 bits per heavy atom. The number of carbonyl (C=O) groups is 1. The molecule has 6 nitrogen and oxygen atoms in total. The molecule has 6 heteroatoms. The molecular weight excluding hydrogens is 266 g/mol. The van der Waals surface area contributed by atoms with Crippen molar-refractivity contribution in [1.29, 1.82) is 0 Å². The summed E-state index contributed by atoms with van der Waals surface area (Å²) < 4.78 is 0. The molecule has 110 valence electrons. The molecule has 1 atom stereocenters. The summed E-state index contributed by atoms with van der Waals surface area (Å²) >= 11 is 0. The number of hydrogen-bond acceptors (Lipinski definition) is 4. The molecule has 2 heterocycles. The van der Waals surface area contributed by atoms with Crippen molar-refractivity contribution in [2.24, 2.45) is 5.73 Å². The number of fused-ring (bicyclic) bond motifs is 1. The van der Waals surface area contributed by atoms with Crippen molar-refractivity contribution in [1.82, 2.24) is 15.2 Å². The number of H-pyrrole nitrogens is 1. The number of aromatic amines is 1. The smallest absolute Gasteiger partial charge is 0.297 e. The van der Waals surface area contributed by atoms with Gasteiger partial charge in [-0.1, -0.05) is 25.1 Å². The fourth-order valence-corrected chi connectivity index (χ4v) is 2.68. The molecule has 1 aliphatic rings. The fourth-order valence-electron chi connectivity index (χ4n) is 2.68. The summed E-state index contributed by atoms with van der Waals surface area (Å²) in [5, 5.41) is 6.86. The summed E-state index contributed by atoms with van der Waals surface area (Å²) in [6.45, 7) is 2.55. The van der Waals surface area contributed by atoms with E-state index in [1.54, 1.807) is 4.90 Å². The van der Waals surface area contributed by atoms with Crippen LogP contribution in [0.3, 0.4) is 0 Å². The van der Waals surface area contributed by atoms with Gasteiger partial charge in [-0.25, -0.2) is 4.98 Å². The number of amides is 1. The molecule has 3 rings (SSSR count). The van der Waals surface area contributed by atoms with E-state index in [4.69, 9.17) is 5.73 Å². The highest BCUT2D eigenvalue weighted by atomic mass is 16.2. The first-order valence-electron chi connectivity index (χ1n) is 7.25. The Bertz CT molecular complexity index is 651. The number of rotatable bonds is 3. The highest BCUT2D eigenvalue weighted by Gasteiger charge is 2.29. The van der Waals surface area contributed by atoms with Crippen LogP contribution in [0.25, 0.3) is 0 Å². The lowest BCUT2D eigenvalue weighted by Crippen LogP contribution is -2.46. The number of anilines is 1. The van der Waals surface area contributed by atoms with Crippen LogP contribution >= 0.6 is 0 Å². The third-order valence-electron chi connectivity index (χ3n) is 3.64. The number of aromatic nitrogens is 3. The van der Waals surface area contributed by atoms with Gasteiger partial charge in [-0.15, -0.1) is 5.10 Å². The minimum absolute atomic E-state index is 0.0575. The van der Waals surface area contributed by atoms with Crippen LogP contribution in [0.2, 0.25) is 0 Å². The number of aryl methyl sites for hydroxylation is 1. The number of benzene rings is 1. The normalized spacial score (nSPS) is 17.6. The van der Waals surface area contributed by atoms with E-state index >= 15 is 0 Å². The summed E-state index contributed by atoms with van der Waals surface area (Å²) in [7, 11) is 0. The van der Waals surface area contributed by atoms with Crippen LogP contribution in [0.15, 0.2) is 24.3 Å². The summed E-state index contributed by atoms with van der Waals surface area (Å²) in [6.07, 6.45) is 2.53. The Balaban J connectivity index is 1.90. The first-order valence-corrected chi connectivity index (χ1v) is 7.25. The van der Waals surface area contributed by atoms with Gasteiger partial charge in [0.05, 0.1) is 0 Å². The monoisotopic (exact) mass is 285 g/mol.